The van der Waals surface area contributed by atoms with Crippen molar-refractivity contribution in [3.8, 4) is 5.75 Å². The molecule has 1 aromatic heterocycles. The first kappa shape index (κ1) is 16.1. The summed E-state index contributed by atoms with van der Waals surface area (Å²) in [7, 11) is 0. The Morgan fingerprint density at radius 1 is 1.33 bits per heavy atom. The highest BCUT2D eigenvalue weighted by atomic mass is 35.5. The predicted molar refractivity (Wildman–Crippen MR) is 85.9 cm³/mol. The van der Waals surface area contributed by atoms with Crippen LogP contribution < -0.4 is 10.5 Å². The number of benzene rings is 1. The van der Waals surface area contributed by atoms with Gasteiger partial charge in [-0.2, -0.15) is 0 Å². The van der Waals surface area contributed by atoms with E-state index in [1.807, 2.05) is 24.3 Å². The molecule has 21 heavy (non-hydrogen) atoms. The first-order valence-electron chi connectivity index (χ1n) is 6.88. The fourth-order valence-electron chi connectivity index (χ4n) is 1.87. The zero-order valence-corrected chi connectivity index (χ0v) is 13.5. The minimum absolute atomic E-state index is 0.406. The van der Waals surface area contributed by atoms with Crippen LogP contribution in [0.3, 0.4) is 0 Å². The molecule has 0 fully saturated rings. The van der Waals surface area contributed by atoms with Crippen LogP contribution in [0.1, 0.15) is 19.2 Å². The molecule has 114 valence electrons. The van der Waals surface area contributed by atoms with Crippen molar-refractivity contribution in [2.45, 2.75) is 31.6 Å². The zero-order chi connectivity index (χ0) is 15.1. The Hall–Kier alpha value is -1.24. The Kier molecular flexibility index (Phi) is 6.35. The maximum atomic E-state index is 6.04. The van der Waals surface area contributed by atoms with E-state index >= 15 is 0 Å². The highest BCUT2D eigenvalue weighted by Crippen LogP contribution is 2.24. The average Bonchev–Trinajstić information content (AvgIpc) is 2.88. The van der Waals surface area contributed by atoms with Crippen molar-refractivity contribution >= 4 is 23.4 Å². The molecule has 0 spiro atoms. The first-order valence-corrected chi connectivity index (χ1v) is 8.25. The molecule has 0 radical (unpaired) electrons. The third-order valence-corrected chi connectivity index (χ3v) is 4.08. The molecule has 2 N–H and O–H groups in total. The summed E-state index contributed by atoms with van der Waals surface area (Å²) in [4.78, 5) is 0. The first-order chi connectivity index (χ1) is 10.3. The van der Waals surface area contributed by atoms with E-state index in [1.165, 1.54) is 0 Å². The second-order valence-corrected chi connectivity index (χ2v) is 5.85. The number of para-hydroxylation sites is 1. The van der Waals surface area contributed by atoms with Crippen molar-refractivity contribution in [1.82, 2.24) is 14.8 Å². The van der Waals surface area contributed by atoms with E-state index in [9.17, 15) is 0 Å². The Labute approximate surface area is 133 Å². The van der Waals surface area contributed by atoms with Gasteiger partial charge in [-0.25, -0.2) is 0 Å². The number of nitrogens with two attached hydrogens (primary N) is 1. The molecule has 0 atom stereocenters. The lowest BCUT2D eigenvalue weighted by molar-refractivity contribution is 0.344. The van der Waals surface area contributed by atoms with Crippen LogP contribution in [0, 0.1) is 0 Å². The summed E-state index contributed by atoms with van der Waals surface area (Å²) in [6, 6.07) is 7.46. The van der Waals surface area contributed by atoms with Gasteiger partial charge in [-0.1, -0.05) is 42.4 Å². The highest BCUT2D eigenvalue weighted by molar-refractivity contribution is 7.99. The largest absolute Gasteiger partial charge is 0.491 e. The summed E-state index contributed by atoms with van der Waals surface area (Å²) in [6.07, 6.45) is 1.02. The van der Waals surface area contributed by atoms with Crippen LogP contribution in [-0.2, 0) is 13.1 Å². The predicted octanol–water partition coefficient (Wildman–Crippen LogP) is 2.97. The van der Waals surface area contributed by atoms with Crippen LogP contribution in [0.4, 0.5) is 0 Å². The summed E-state index contributed by atoms with van der Waals surface area (Å²) in [5, 5.41) is 9.81. The van der Waals surface area contributed by atoms with E-state index in [2.05, 4.69) is 21.7 Å². The van der Waals surface area contributed by atoms with E-state index < -0.39 is 0 Å². The molecular formula is C14H19ClN4OS. The van der Waals surface area contributed by atoms with Crippen molar-refractivity contribution in [1.29, 1.82) is 0 Å². The van der Waals surface area contributed by atoms with Gasteiger partial charge in [-0.3, -0.25) is 0 Å². The molecule has 5 nitrogen and oxygen atoms in total. The van der Waals surface area contributed by atoms with Gasteiger partial charge in [0.2, 0.25) is 0 Å². The molecule has 1 aromatic carbocycles. The number of aromatic nitrogens is 3. The zero-order valence-electron chi connectivity index (χ0n) is 12.0. The van der Waals surface area contributed by atoms with Crippen molar-refractivity contribution in [3.05, 3.63) is 35.1 Å². The molecule has 7 heteroatoms. The molecule has 0 aliphatic rings. The van der Waals surface area contributed by atoms with E-state index in [1.54, 1.807) is 11.8 Å². The lowest BCUT2D eigenvalue weighted by Crippen LogP contribution is -2.09. The monoisotopic (exact) mass is 326 g/mol. The summed E-state index contributed by atoms with van der Waals surface area (Å²) in [5.74, 6) is 2.31. The van der Waals surface area contributed by atoms with Crippen LogP contribution >= 0.6 is 23.4 Å². The Morgan fingerprint density at radius 2 is 2.14 bits per heavy atom. The quantitative estimate of drug-likeness (QED) is 0.596. The smallest absolute Gasteiger partial charge is 0.191 e. The maximum absolute atomic E-state index is 6.04. The van der Waals surface area contributed by atoms with E-state index in [0.717, 1.165) is 29.7 Å². The van der Waals surface area contributed by atoms with Gasteiger partial charge < -0.3 is 15.0 Å². The lowest BCUT2D eigenvalue weighted by Gasteiger charge is -2.09. The van der Waals surface area contributed by atoms with Gasteiger partial charge in [0.05, 0.1) is 18.2 Å². The second-order valence-electron chi connectivity index (χ2n) is 4.38. The number of rotatable bonds is 8. The number of halogens is 1. The van der Waals surface area contributed by atoms with Crippen molar-refractivity contribution in [3.63, 3.8) is 0 Å². The van der Waals surface area contributed by atoms with E-state index in [-0.39, 0.29) is 0 Å². The third kappa shape index (κ3) is 4.36. The fraction of sp³-hybridized carbons (Fsp3) is 0.429. The number of hydrogen-bond acceptors (Lipinski definition) is 5. The normalized spacial score (nSPS) is 10.8. The van der Waals surface area contributed by atoms with E-state index in [0.29, 0.717) is 23.9 Å². The van der Waals surface area contributed by atoms with Crippen LogP contribution in [0.5, 0.6) is 5.75 Å². The van der Waals surface area contributed by atoms with Gasteiger partial charge in [0, 0.05) is 12.3 Å². The minimum Gasteiger partial charge on any atom is -0.491 e. The lowest BCUT2D eigenvalue weighted by atomic mass is 10.3. The maximum Gasteiger partial charge on any atom is 0.191 e. The summed E-state index contributed by atoms with van der Waals surface area (Å²) >= 11 is 7.65. The molecule has 0 aliphatic carbocycles. The molecule has 0 saturated heterocycles. The number of nitrogens with zero attached hydrogens (tertiary/aromatic N) is 3. The van der Waals surface area contributed by atoms with Crippen LogP contribution in [0.25, 0.3) is 0 Å². The molecule has 0 amide bonds. The van der Waals surface area contributed by atoms with Gasteiger partial charge >= 0.3 is 0 Å². The van der Waals surface area contributed by atoms with Gasteiger partial charge in [0.15, 0.2) is 5.16 Å². The molecular weight excluding hydrogens is 308 g/mol. The minimum atomic E-state index is 0.406. The Morgan fingerprint density at radius 3 is 2.86 bits per heavy atom. The molecule has 0 saturated carbocycles. The molecule has 2 aromatic rings. The van der Waals surface area contributed by atoms with Gasteiger partial charge in [-0.15, -0.1) is 10.2 Å². The van der Waals surface area contributed by atoms with Gasteiger partial charge in [0.1, 0.15) is 11.6 Å². The fourth-order valence-corrected chi connectivity index (χ4v) is 2.86. The number of ether oxygens (including phenoxy) is 1. The summed E-state index contributed by atoms with van der Waals surface area (Å²) in [5.41, 5.74) is 5.67. The summed E-state index contributed by atoms with van der Waals surface area (Å²) in [6.45, 7) is 3.97. The third-order valence-electron chi connectivity index (χ3n) is 2.83. The molecule has 0 bridgehead atoms. The summed E-state index contributed by atoms with van der Waals surface area (Å²) < 4.78 is 7.73. The number of hydrogen-bond donors (Lipinski definition) is 1. The van der Waals surface area contributed by atoms with E-state index in [4.69, 9.17) is 22.1 Å². The Bertz CT molecular complexity index is 576. The van der Waals surface area contributed by atoms with Gasteiger partial charge in [0.25, 0.3) is 0 Å². The molecule has 0 aliphatic heterocycles. The molecule has 2 rings (SSSR count). The van der Waals surface area contributed by atoms with Crippen molar-refractivity contribution in [2.24, 2.45) is 5.73 Å². The highest BCUT2D eigenvalue weighted by Gasteiger charge is 2.10. The average molecular weight is 327 g/mol. The standard InChI is InChI=1S/C14H19ClN4OS/c1-2-7-19-13(10-16)17-18-14(19)21-9-8-20-12-6-4-3-5-11(12)15/h3-6H,2,7-10,16H2,1H3. The van der Waals surface area contributed by atoms with Crippen molar-refractivity contribution < 1.29 is 4.74 Å². The van der Waals surface area contributed by atoms with Crippen LogP contribution in [-0.4, -0.2) is 27.1 Å². The van der Waals surface area contributed by atoms with Crippen LogP contribution in [0.15, 0.2) is 29.4 Å². The number of thioether (sulfide) groups is 1. The van der Waals surface area contributed by atoms with Gasteiger partial charge in [-0.05, 0) is 18.6 Å². The SMILES string of the molecule is CCCn1c(CN)nnc1SCCOc1ccccc1Cl. The molecule has 0 unspecified atom stereocenters. The second kappa shape index (κ2) is 8.26. The Balaban J connectivity index is 1.86. The van der Waals surface area contributed by atoms with Crippen molar-refractivity contribution in [2.75, 3.05) is 12.4 Å². The topological polar surface area (TPSA) is 66.0 Å². The van der Waals surface area contributed by atoms with Crippen LogP contribution in [0.2, 0.25) is 5.02 Å². The molecule has 1 heterocycles.